The van der Waals surface area contributed by atoms with Gasteiger partial charge < -0.3 is 20.9 Å². The predicted octanol–water partition coefficient (Wildman–Crippen LogP) is 5.85. The molecule has 3 aromatic heterocycles. The number of aromatic nitrogens is 3. The molecule has 5 aromatic rings. The van der Waals surface area contributed by atoms with E-state index in [1.54, 1.807) is 23.5 Å². The predicted molar refractivity (Wildman–Crippen MR) is 179 cm³/mol. The zero-order valence-corrected chi connectivity index (χ0v) is 26.4. The van der Waals surface area contributed by atoms with Crippen molar-refractivity contribution < 1.29 is 9.59 Å². The summed E-state index contributed by atoms with van der Waals surface area (Å²) in [7, 11) is 2.09. The zero-order chi connectivity index (χ0) is 31.1. The molecule has 1 saturated carbocycles. The van der Waals surface area contributed by atoms with Crippen LogP contribution >= 0.6 is 11.3 Å². The lowest BCUT2D eigenvalue weighted by Crippen LogP contribution is -2.47. The summed E-state index contributed by atoms with van der Waals surface area (Å²) in [6.07, 6.45) is 6.17. The highest BCUT2D eigenvalue weighted by molar-refractivity contribution is 7.10. The summed E-state index contributed by atoms with van der Waals surface area (Å²) >= 11 is 1.68. The van der Waals surface area contributed by atoms with Crippen molar-refractivity contribution in [2.75, 3.05) is 44.3 Å². The number of para-hydroxylation sites is 2. The van der Waals surface area contributed by atoms with E-state index in [9.17, 15) is 9.59 Å². The molecule has 7 rings (SSSR count). The number of nitrogens with two attached hydrogens (primary N) is 1. The lowest BCUT2D eigenvalue weighted by Gasteiger charge is -2.32. The number of carbonyl (C=O) groups excluding carboxylic acids is 2. The molecule has 3 N–H and O–H groups in total. The fourth-order valence-electron chi connectivity index (χ4n) is 6.74. The van der Waals surface area contributed by atoms with E-state index in [0.29, 0.717) is 22.5 Å². The summed E-state index contributed by atoms with van der Waals surface area (Å²) in [5.74, 6) is -0.138. The Balaban J connectivity index is 1.17. The standard InChI is InChI=1S/C35H37N7O2S/c1-23-31(42-21-25(11-14-30(42)37-23)33(44)41-19-17-40(2)18-20-41)29-22-45-34(39-29)35(15-5-6-16-35)26-12-9-24(10-13-26)32(43)38-28-8-4-3-7-27(28)36/h3-4,7-14,21-22H,5-6,15-20,36H2,1-2H3,(H,38,43). The van der Waals surface area contributed by atoms with Crippen LogP contribution in [0.3, 0.4) is 0 Å². The maximum absolute atomic E-state index is 13.4. The maximum atomic E-state index is 13.4. The van der Waals surface area contributed by atoms with Gasteiger partial charge in [-0.05, 0) is 68.8 Å². The fourth-order valence-corrected chi connectivity index (χ4v) is 7.83. The largest absolute Gasteiger partial charge is 0.397 e. The smallest absolute Gasteiger partial charge is 0.255 e. The fraction of sp³-hybridized carbons (Fsp3) is 0.314. The molecule has 10 heteroatoms. The molecular formula is C35H37N7O2S. The van der Waals surface area contributed by atoms with Crippen LogP contribution in [0.5, 0.6) is 0 Å². The van der Waals surface area contributed by atoms with Crippen LogP contribution in [0.1, 0.15) is 62.7 Å². The van der Waals surface area contributed by atoms with E-state index in [1.165, 1.54) is 5.56 Å². The second-order valence-corrected chi connectivity index (χ2v) is 13.1. The molecule has 9 nitrogen and oxygen atoms in total. The molecule has 2 aromatic carbocycles. The first-order valence-corrected chi connectivity index (χ1v) is 16.4. The van der Waals surface area contributed by atoms with E-state index in [2.05, 4.69) is 34.8 Å². The van der Waals surface area contributed by atoms with Crippen LogP contribution in [-0.2, 0) is 5.41 Å². The van der Waals surface area contributed by atoms with Crippen molar-refractivity contribution >= 4 is 40.2 Å². The second kappa shape index (κ2) is 11.8. The van der Waals surface area contributed by atoms with Gasteiger partial charge in [0.25, 0.3) is 11.8 Å². The number of pyridine rings is 1. The molecule has 0 bridgehead atoms. The Bertz CT molecular complexity index is 1880. The number of rotatable bonds is 6. The van der Waals surface area contributed by atoms with E-state index in [1.807, 2.05) is 58.8 Å². The number of hydrogen-bond donors (Lipinski definition) is 2. The minimum Gasteiger partial charge on any atom is -0.397 e. The van der Waals surface area contributed by atoms with Crippen molar-refractivity contribution in [3.05, 3.63) is 99.6 Å². The van der Waals surface area contributed by atoms with Crippen molar-refractivity contribution in [2.24, 2.45) is 0 Å². The molecule has 2 fully saturated rings. The number of benzene rings is 2. The van der Waals surface area contributed by atoms with E-state index in [-0.39, 0.29) is 17.2 Å². The third-order valence-corrected chi connectivity index (χ3v) is 10.4. The first-order chi connectivity index (χ1) is 21.8. The summed E-state index contributed by atoms with van der Waals surface area (Å²) in [6, 6.07) is 19.0. The third kappa shape index (κ3) is 5.38. The number of imidazole rings is 1. The van der Waals surface area contributed by atoms with Gasteiger partial charge in [-0.1, -0.05) is 37.1 Å². The van der Waals surface area contributed by atoms with Crippen molar-refractivity contribution in [1.82, 2.24) is 24.2 Å². The van der Waals surface area contributed by atoms with Crippen LogP contribution in [0.15, 0.2) is 72.2 Å². The van der Waals surface area contributed by atoms with Crippen LogP contribution in [-0.4, -0.2) is 69.2 Å². The van der Waals surface area contributed by atoms with Gasteiger partial charge in [-0.25, -0.2) is 9.97 Å². The monoisotopic (exact) mass is 619 g/mol. The maximum Gasteiger partial charge on any atom is 0.255 e. The molecule has 1 saturated heterocycles. The topological polar surface area (TPSA) is 109 Å². The lowest BCUT2D eigenvalue weighted by molar-refractivity contribution is 0.0663. The molecule has 1 aliphatic carbocycles. The van der Waals surface area contributed by atoms with Gasteiger partial charge in [-0.2, -0.15) is 0 Å². The molecule has 2 amide bonds. The Kier molecular flexibility index (Phi) is 7.63. The second-order valence-electron chi connectivity index (χ2n) is 12.2. The van der Waals surface area contributed by atoms with Gasteiger partial charge in [0.05, 0.1) is 28.3 Å². The van der Waals surface area contributed by atoms with Gasteiger partial charge >= 0.3 is 0 Å². The van der Waals surface area contributed by atoms with Crippen molar-refractivity contribution in [3.8, 4) is 11.4 Å². The van der Waals surface area contributed by atoms with E-state index >= 15 is 0 Å². The van der Waals surface area contributed by atoms with Crippen LogP contribution in [0.2, 0.25) is 0 Å². The molecule has 0 atom stereocenters. The summed E-state index contributed by atoms with van der Waals surface area (Å²) in [5, 5.41) is 6.11. The zero-order valence-electron chi connectivity index (χ0n) is 25.6. The Morgan fingerprint density at radius 3 is 2.36 bits per heavy atom. The number of anilines is 2. The van der Waals surface area contributed by atoms with Gasteiger partial charge in [-0.15, -0.1) is 11.3 Å². The first-order valence-electron chi connectivity index (χ1n) is 15.5. The highest BCUT2D eigenvalue weighted by atomic mass is 32.1. The van der Waals surface area contributed by atoms with Crippen LogP contribution in [0.4, 0.5) is 11.4 Å². The number of aryl methyl sites for hydroxylation is 1. The first kappa shape index (κ1) is 29.2. The summed E-state index contributed by atoms with van der Waals surface area (Å²) in [5.41, 5.74) is 12.8. The molecule has 0 unspecified atom stereocenters. The van der Waals surface area contributed by atoms with Gasteiger partial charge in [0.2, 0.25) is 0 Å². The molecule has 1 aliphatic heterocycles. The number of fused-ring (bicyclic) bond motifs is 1. The number of nitrogens with zero attached hydrogens (tertiary/aromatic N) is 5. The molecule has 4 heterocycles. The summed E-state index contributed by atoms with van der Waals surface area (Å²) in [6.45, 7) is 5.22. The molecular weight excluding hydrogens is 582 g/mol. The molecule has 0 radical (unpaired) electrons. The van der Waals surface area contributed by atoms with E-state index in [4.69, 9.17) is 15.7 Å². The highest BCUT2D eigenvalue weighted by Gasteiger charge is 2.40. The summed E-state index contributed by atoms with van der Waals surface area (Å²) in [4.78, 5) is 40.6. The summed E-state index contributed by atoms with van der Waals surface area (Å²) < 4.78 is 2.02. The Morgan fingerprint density at radius 1 is 0.911 bits per heavy atom. The Morgan fingerprint density at radius 2 is 1.62 bits per heavy atom. The lowest BCUT2D eigenvalue weighted by atomic mass is 9.79. The Labute approximate surface area is 266 Å². The number of nitrogen functional groups attached to an aromatic ring is 1. The Hall–Kier alpha value is -4.54. The van der Waals surface area contributed by atoms with Crippen LogP contribution in [0, 0.1) is 6.92 Å². The molecule has 2 aliphatic rings. The van der Waals surface area contributed by atoms with Crippen LogP contribution in [0.25, 0.3) is 17.0 Å². The number of likely N-dealkylation sites (N-methyl/N-ethyl adjacent to an activating group) is 1. The number of hydrogen-bond acceptors (Lipinski definition) is 7. The van der Waals surface area contributed by atoms with Gasteiger partial charge in [0, 0.05) is 48.7 Å². The van der Waals surface area contributed by atoms with E-state index < -0.39 is 0 Å². The minimum absolute atomic E-state index is 0.0514. The minimum atomic E-state index is -0.210. The van der Waals surface area contributed by atoms with Crippen molar-refractivity contribution in [3.63, 3.8) is 0 Å². The molecule has 45 heavy (non-hydrogen) atoms. The van der Waals surface area contributed by atoms with Gasteiger partial charge in [-0.3, -0.25) is 14.0 Å². The third-order valence-electron chi connectivity index (χ3n) is 9.35. The number of piperazine rings is 1. The van der Waals surface area contributed by atoms with E-state index in [0.717, 1.165) is 79.6 Å². The number of carbonyl (C=O) groups is 2. The number of thiazole rings is 1. The molecule has 0 spiro atoms. The quantitative estimate of drug-likeness (QED) is 0.231. The number of amides is 2. The van der Waals surface area contributed by atoms with Gasteiger partial charge in [0.1, 0.15) is 16.3 Å². The molecule has 230 valence electrons. The van der Waals surface area contributed by atoms with Crippen molar-refractivity contribution in [2.45, 2.75) is 38.0 Å². The highest BCUT2D eigenvalue weighted by Crippen LogP contribution is 2.48. The average molecular weight is 620 g/mol. The van der Waals surface area contributed by atoms with Crippen molar-refractivity contribution in [1.29, 1.82) is 0 Å². The number of nitrogens with one attached hydrogen (secondary N) is 1. The normalized spacial score (nSPS) is 16.7. The average Bonchev–Trinajstić information content (AvgIpc) is 3.81. The van der Waals surface area contributed by atoms with Gasteiger partial charge in [0.15, 0.2) is 0 Å². The van der Waals surface area contributed by atoms with Crippen LogP contribution < -0.4 is 11.1 Å². The SMILES string of the molecule is Cc1nc2ccc(C(=O)N3CCN(C)CC3)cn2c1-c1csc(C2(c3ccc(C(=O)Nc4ccccc4N)cc3)CCCC2)n1.